The number of hydrogen-bond donors (Lipinski definition) is 1. The Bertz CT molecular complexity index is 379. The molecule has 2 amide bonds. The van der Waals surface area contributed by atoms with Crippen molar-refractivity contribution in [3.63, 3.8) is 0 Å². The van der Waals surface area contributed by atoms with Gasteiger partial charge in [-0.2, -0.15) is 0 Å². The summed E-state index contributed by atoms with van der Waals surface area (Å²) >= 11 is 0. The van der Waals surface area contributed by atoms with Crippen LogP contribution in [0.15, 0.2) is 0 Å². The molecule has 3 saturated heterocycles. The predicted molar refractivity (Wildman–Crippen MR) is 76.2 cm³/mol. The van der Waals surface area contributed by atoms with Crippen LogP contribution in [0.2, 0.25) is 0 Å². The summed E-state index contributed by atoms with van der Waals surface area (Å²) in [7, 11) is 0. The summed E-state index contributed by atoms with van der Waals surface area (Å²) in [6.45, 7) is 3.31. The third-order valence-electron chi connectivity index (χ3n) is 4.97. The quantitative estimate of drug-likeness (QED) is 0.829. The van der Waals surface area contributed by atoms with Crippen LogP contribution in [0.5, 0.6) is 0 Å². The average Bonchev–Trinajstić information content (AvgIpc) is 2.87. The smallest absolute Gasteiger partial charge is 0.223 e. The third kappa shape index (κ3) is 2.97. The lowest BCUT2D eigenvalue weighted by Crippen LogP contribution is -2.53. The van der Waals surface area contributed by atoms with E-state index in [1.54, 1.807) is 0 Å². The Kier molecular flexibility index (Phi) is 4.24. The topological polar surface area (TPSA) is 52.7 Å². The minimum absolute atomic E-state index is 0.272. The summed E-state index contributed by atoms with van der Waals surface area (Å²) in [4.78, 5) is 27.9. The van der Waals surface area contributed by atoms with Crippen LogP contribution >= 0.6 is 0 Å². The maximum absolute atomic E-state index is 12.3. The fourth-order valence-electron chi connectivity index (χ4n) is 3.72. The van der Waals surface area contributed by atoms with Crippen LogP contribution in [0.3, 0.4) is 0 Å². The van der Waals surface area contributed by atoms with Crippen molar-refractivity contribution in [1.29, 1.82) is 0 Å². The number of nitrogens with one attached hydrogen (secondary N) is 1. The lowest BCUT2D eigenvalue weighted by molar-refractivity contribution is -0.139. The molecule has 112 valence electrons. The Morgan fingerprint density at radius 3 is 2.95 bits per heavy atom. The number of nitrogens with zero attached hydrogens (tertiary/aromatic N) is 2. The highest BCUT2D eigenvalue weighted by Crippen LogP contribution is 2.23. The van der Waals surface area contributed by atoms with Crippen molar-refractivity contribution in [3.05, 3.63) is 0 Å². The average molecular weight is 279 g/mol. The molecular formula is C15H25N3O2. The van der Waals surface area contributed by atoms with Crippen LogP contribution < -0.4 is 5.32 Å². The minimum atomic E-state index is 0.272. The van der Waals surface area contributed by atoms with Crippen molar-refractivity contribution in [1.82, 2.24) is 15.1 Å². The first-order valence-electron chi connectivity index (χ1n) is 8.04. The highest BCUT2D eigenvalue weighted by Gasteiger charge is 2.36. The highest BCUT2D eigenvalue weighted by molar-refractivity contribution is 5.80. The van der Waals surface area contributed by atoms with Crippen LogP contribution in [0.4, 0.5) is 0 Å². The fourth-order valence-corrected chi connectivity index (χ4v) is 3.72. The van der Waals surface area contributed by atoms with E-state index in [2.05, 4.69) is 5.32 Å². The van der Waals surface area contributed by atoms with Gasteiger partial charge in [-0.25, -0.2) is 0 Å². The van der Waals surface area contributed by atoms with Gasteiger partial charge in [0.1, 0.15) is 0 Å². The third-order valence-corrected chi connectivity index (χ3v) is 4.97. The van der Waals surface area contributed by atoms with Gasteiger partial charge in [0.2, 0.25) is 11.8 Å². The number of piperazine rings is 1. The fraction of sp³-hybridized carbons (Fsp3) is 0.867. The van der Waals surface area contributed by atoms with Crippen molar-refractivity contribution in [2.75, 3.05) is 26.2 Å². The molecular weight excluding hydrogens is 254 g/mol. The molecule has 5 nitrogen and oxygen atoms in total. The van der Waals surface area contributed by atoms with E-state index in [-0.39, 0.29) is 17.9 Å². The zero-order valence-corrected chi connectivity index (χ0v) is 12.1. The Morgan fingerprint density at radius 1 is 1.25 bits per heavy atom. The maximum atomic E-state index is 12.3. The molecule has 0 aromatic rings. The number of fused-ring (bicyclic) bond motifs is 1. The van der Waals surface area contributed by atoms with E-state index in [0.717, 1.165) is 39.0 Å². The normalized spacial score (nSPS) is 30.5. The van der Waals surface area contributed by atoms with E-state index in [0.29, 0.717) is 18.9 Å². The van der Waals surface area contributed by atoms with Gasteiger partial charge >= 0.3 is 0 Å². The molecule has 3 heterocycles. The molecule has 0 aromatic heterocycles. The van der Waals surface area contributed by atoms with Crippen LogP contribution in [0.1, 0.15) is 44.9 Å². The van der Waals surface area contributed by atoms with Gasteiger partial charge in [0.05, 0.1) is 0 Å². The number of hydrogen-bond acceptors (Lipinski definition) is 3. The number of amides is 2. The summed E-state index contributed by atoms with van der Waals surface area (Å²) in [6.07, 6.45) is 6.96. The van der Waals surface area contributed by atoms with Gasteiger partial charge in [-0.3, -0.25) is 9.59 Å². The van der Waals surface area contributed by atoms with Gasteiger partial charge in [-0.05, 0) is 32.2 Å². The Balaban J connectivity index is 1.44. The van der Waals surface area contributed by atoms with E-state index in [9.17, 15) is 9.59 Å². The number of carbonyl (C=O) groups is 2. The number of piperidine rings is 1. The van der Waals surface area contributed by atoms with Gasteiger partial charge in [0.25, 0.3) is 0 Å². The van der Waals surface area contributed by atoms with E-state index in [1.165, 1.54) is 19.3 Å². The first-order valence-corrected chi connectivity index (χ1v) is 8.04. The molecule has 0 spiro atoms. The summed E-state index contributed by atoms with van der Waals surface area (Å²) in [6, 6.07) is 0.815. The lowest BCUT2D eigenvalue weighted by Gasteiger charge is -2.37. The van der Waals surface area contributed by atoms with Crippen LogP contribution in [-0.4, -0.2) is 59.9 Å². The van der Waals surface area contributed by atoms with Gasteiger partial charge in [-0.1, -0.05) is 6.42 Å². The molecule has 3 aliphatic heterocycles. The Hall–Kier alpha value is -1.10. The first kappa shape index (κ1) is 13.9. The standard InChI is InChI=1S/C15H25N3O2/c19-14(6-4-12-3-1-2-8-16-12)17-9-10-18-13(11-17)5-7-15(18)20/h12-13,16H,1-11H2. The Morgan fingerprint density at radius 2 is 2.15 bits per heavy atom. The summed E-state index contributed by atoms with van der Waals surface area (Å²) in [5.41, 5.74) is 0. The first-order chi connectivity index (χ1) is 9.74. The molecule has 1 N–H and O–H groups in total. The Labute approximate surface area is 120 Å². The van der Waals surface area contributed by atoms with Crippen LogP contribution in [-0.2, 0) is 9.59 Å². The van der Waals surface area contributed by atoms with E-state index in [4.69, 9.17) is 0 Å². The minimum Gasteiger partial charge on any atom is -0.339 e. The monoisotopic (exact) mass is 279 g/mol. The highest BCUT2D eigenvalue weighted by atomic mass is 16.2. The second kappa shape index (κ2) is 6.12. The summed E-state index contributed by atoms with van der Waals surface area (Å²) < 4.78 is 0. The van der Waals surface area contributed by atoms with Gasteiger partial charge < -0.3 is 15.1 Å². The molecule has 3 fully saturated rings. The molecule has 3 aliphatic rings. The van der Waals surface area contributed by atoms with Crippen molar-refractivity contribution >= 4 is 11.8 Å². The SMILES string of the molecule is O=C(CCC1CCCCN1)N1CCN2C(=O)CCC2C1. The van der Waals surface area contributed by atoms with E-state index in [1.807, 2.05) is 9.80 Å². The van der Waals surface area contributed by atoms with Crippen molar-refractivity contribution in [3.8, 4) is 0 Å². The second-order valence-corrected chi connectivity index (χ2v) is 6.30. The van der Waals surface area contributed by atoms with Crippen molar-refractivity contribution < 1.29 is 9.59 Å². The molecule has 0 radical (unpaired) electrons. The molecule has 0 bridgehead atoms. The van der Waals surface area contributed by atoms with Crippen molar-refractivity contribution in [2.45, 2.75) is 57.0 Å². The largest absolute Gasteiger partial charge is 0.339 e. The molecule has 5 heteroatoms. The lowest BCUT2D eigenvalue weighted by atomic mass is 10.00. The number of carbonyl (C=O) groups excluding carboxylic acids is 2. The predicted octanol–water partition coefficient (Wildman–Crippen LogP) is 0.742. The van der Waals surface area contributed by atoms with Gasteiger partial charge in [0, 0.05) is 44.6 Å². The van der Waals surface area contributed by atoms with Crippen molar-refractivity contribution in [2.24, 2.45) is 0 Å². The molecule has 0 saturated carbocycles. The van der Waals surface area contributed by atoms with Gasteiger partial charge in [-0.15, -0.1) is 0 Å². The molecule has 0 aliphatic carbocycles. The molecule has 0 aromatic carbocycles. The summed E-state index contributed by atoms with van der Waals surface area (Å²) in [5.74, 6) is 0.546. The van der Waals surface area contributed by atoms with Gasteiger partial charge in [0.15, 0.2) is 0 Å². The molecule has 2 unspecified atom stereocenters. The van der Waals surface area contributed by atoms with Crippen LogP contribution in [0.25, 0.3) is 0 Å². The molecule has 2 atom stereocenters. The molecule has 20 heavy (non-hydrogen) atoms. The summed E-state index contributed by atoms with van der Waals surface area (Å²) in [5, 5.41) is 3.50. The van der Waals surface area contributed by atoms with E-state index < -0.39 is 0 Å². The zero-order valence-electron chi connectivity index (χ0n) is 12.1. The zero-order chi connectivity index (χ0) is 13.9. The molecule has 3 rings (SSSR count). The van der Waals surface area contributed by atoms with E-state index >= 15 is 0 Å². The number of rotatable bonds is 3. The maximum Gasteiger partial charge on any atom is 0.223 e. The second-order valence-electron chi connectivity index (χ2n) is 6.30. The van der Waals surface area contributed by atoms with Crippen LogP contribution in [0, 0.1) is 0 Å².